The third-order valence-electron chi connectivity index (χ3n) is 4.25. The molecule has 1 amide bonds. The number of benzene rings is 2. The Morgan fingerprint density at radius 2 is 1.66 bits per heavy atom. The van der Waals surface area contributed by atoms with Gasteiger partial charge in [0.15, 0.2) is 9.84 Å². The molecule has 0 aliphatic heterocycles. The predicted molar refractivity (Wildman–Crippen MR) is 117 cm³/mol. The summed E-state index contributed by atoms with van der Waals surface area (Å²) in [7, 11) is -8.02. The molecule has 2 aromatic rings. The molecule has 2 N–H and O–H groups in total. The van der Waals surface area contributed by atoms with Crippen LogP contribution in [0.15, 0.2) is 64.5 Å². The number of carbonyl (C=O) groups is 1. The molecule has 0 unspecified atom stereocenters. The molecule has 0 heterocycles. The third kappa shape index (κ3) is 7.38. The number of sulfone groups is 1. The molecule has 0 spiro atoms. The summed E-state index contributed by atoms with van der Waals surface area (Å²) in [4.78, 5) is 16.0. The Morgan fingerprint density at radius 1 is 1.03 bits per heavy atom. The first-order valence-electron chi connectivity index (χ1n) is 9.49. The van der Waals surface area contributed by atoms with E-state index in [1.807, 2.05) is 0 Å². The molecule has 0 aliphatic rings. The smallest absolute Gasteiger partial charge is 0.264 e. The number of hydrogen-bond acceptors (Lipinski definition) is 6. The molecule has 174 valence electrons. The van der Waals surface area contributed by atoms with Gasteiger partial charge in [-0.1, -0.05) is 42.5 Å². The monoisotopic (exact) mass is 487 g/mol. The minimum absolute atomic E-state index is 0.0442. The normalized spacial score (nSPS) is 13.2. The maximum Gasteiger partial charge on any atom is 0.264 e. The minimum Gasteiger partial charge on any atom is -0.354 e. The van der Waals surface area contributed by atoms with Crippen molar-refractivity contribution in [3.05, 3.63) is 65.7 Å². The van der Waals surface area contributed by atoms with Crippen LogP contribution in [-0.2, 0) is 30.4 Å². The van der Waals surface area contributed by atoms with E-state index in [2.05, 4.69) is 15.0 Å². The second kappa shape index (κ2) is 11.1. The number of alkyl halides is 2. The maximum absolute atomic E-state index is 13.2. The number of nitrogens with one attached hydrogen (secondary N) is 2. The summed E-state index contributed by atoms with van der Waals surface area (Å²) in [6, 6.07) is 11.1. The lowest BCUT2D eigenvalue weighted by Crippen LogP contribution is -2.39. The van der Waals surface area contributed by atoms with Crippen molar-refractivity contribution in [2.24, 2.45) is 4.99 Å². The van der Waals surface area contributed by atoms with Crippen molar-refractivity contribution >= 4 is 32.1 Å². The number of carbonyl (C=O) groups excluding carboxylic acids is 1. The first kappa shape index (κ1) is 25.4. The molecule has 0 aliphatic carbocycles. The van der Waals surface area contributed by atoms with Crippen molar-refractivity contribution in [2.45, 2.75) is 30.0 Å². The van der Waals surface area contributed by atoms with Crippen molar-refractivity contribution in [2.75, 3.05) is 12.3 Å². The van der Waals surface area contributed by atoms with Gasteiger partial charge in [0.05, 0.1) is 22.7 Å². The second-order valence-electron chi connectivity index (χ2n) is 6.68. The predicted octanol–water partition coefficient (Wildman–Crippen LogP) is 2.05. The number of halogens is 2. The highest BCUT2D eigenvalue weighted by Gasteiger charge is 2.26. The lowest BCUT2D eigenvalue weighted by atomic mass is 10.1. The summed E-state index contributed by atoms with van der Waals surface area (Å²) in [5.41, 5.74) is -0.490. The highest BCUT2D eigenvalue weighted by atomic mass is 32.2. The Kier molecular flexibility index (Phi) is 8.84. The molecule has 0 fully saturated rings. The fourth-order valence-electron chi connectivity index (χ4n) is 2.75. The largest absolute Gasteiger partial charge is 0.354 e. The van der Waals surface area contributed by atoms with E-state index in [1.165, 1.54) is 42.5 Å². The van der Waals surface area contributed by atoms with E-state index in [9.17, 15) is 30.4 Å². The molecular weight excluding hydrogens is 464 g/mol. The molecule has 0 radical (unpaired) electrons. The Balaban J connectivity index is 2.20. The zero-order valence-corrected chi connectivity index (χ0v) is 18.7. The van der Waals surface area contributed by atoms with Gasteiger partial charge in [0.25, 0.3) is 16.4 Å². The Bertz CT molecular complexity index is 1150. The van der Waals surface area contributed by atoms with Crippen LogP contribution in [-0.4, -0.2) is 47.4 Å². The second-order valence-corrected chi connectivity index (χ2v) is 10.5. The molecule has 2 aromatic carbocycles. The van der Waals surface area contributed by atoms with E-state index < -0.39 is 55.3 Å². The van der Waals surface area contributed by atoms with Crippen molar-refractivity contribution in [3.63, 3.8) is 0 Å². The Morgan fingerprint density at radius 3 is 2.28 bits per heavy atom. The summed E-state index contributed by atoms with van der Waals surface area (Å²) < 4.78 is 78.2. The van der Waals surface area contributed by atoms with E-state index in [0.717, 1.165) is 12.4 Å². The Hall–Kier alpha value is -2.86. The average molecular weight is 488 g/mol. The van der Waals surface area contributed by atoms with Gasteiger partial charge in [-0.15, -0.1) is 0 Å². The average Bonchev–Trinajstić information content (AvgIpc) is 2.73. The van der Waals surface area contributed by atoms with Crippen LogP contribution in [0.4, 0.5) is 8.78 Å². The summed E-state index contributed by atoms with van der Waals surface area (Å²) >= 11 is 0. The van der Waals surface area contributed by atoms with Crippen LogP contribution in [0.25, 0.3) is 0 Å². The van der Waals surface area contributed by atoms with Gasteiger partial charge in [-0.05, 0) is 24.6 Å². The van der Waals surface area contributed by atoms with Crippen LogP contribution in [0.3, 0.4) is 0 Å². The van der Waals surface area contributed by atoms with Gasteiger partial charge in [-0.3, -0.25) is 14.5 Å². The SMILES string of the molecule is CCNC(=O)[C@H](CS(=O)(=O)Cc1ccccc1C(F)F)N=CNS(=O)(=O)c1ccccc1. The summed E-state index contributed by atoms with van der Waals surface area (Å²) in [5, 5.41) is 2.43. The molecular formula is C20H23F2N3O5S2. The standard InChI is InChI=1S/C20H23F2N3O5S2/c1-2-23-20(26)18(24-14-25-32(29,30)16-9-4-3-5-10-16)13-31(27,28)12-15-8-6-7-11-17(15)19(21)22/h3-11,14,18-19H,2,12-13H2,1H3,(H,23,26)(H,24,25)/t18-/m0/s1. The number of hydrogen-bond donors (Lipinski definition) is 2. The molecule has 0 bridgehead atoms. The van der Waals surface area contributed by atoms with Crippen molar-refractivity contribution < 1.29 is 30.4 Å². The van der Waals surface area contributed by atoms with Gasteiger partial charge in [-0.2, -0.15) is 0 Å². The fourth-order valence-corrected chi connectivity index (χ4v) is 5.18. The molecule has 12 heteroatoms. The Labute approximate surface area is 185 Å². The number of aliphatic imine (C=N–C) groups is 1. The molecule has 1 atom stereocenters. The van der Waals surface area contributed by atoms with E-state index in [0.29, 0.717) is 0 Å². The van der Waals surface area contributed by atoms with Crippen LogP contribution >= 0.6 is 0 Å². The van der Waals surface area contributed by atoms with Gasteiger partial charge >= 0.3 is 0 Å². The summed E-state index contributed by atoms with van der Waals surface area (Å²) in [6.45, 7) is 1.80. The maximum atomic E-state index is 13.2. The number of rotatable bonds is 11. The van der Waals surface area contributed by atoms with Gasteiger partial charge in [0.2, 0.25) is 5.91 Å². The van der Waals surface area contributed by atoms with Gasteiger partial charge in [0, 0.05) is 12.1 Å². The minimum atomic E-state index is -4.06. The molecule has 0 saturated heterocycles. The highest BCUT2D eigenvalue weighted by Crippen LogP contribution is 2.24. The van der Waals surface area contributed by atoms with Gasteiger partial charge in [0.1, 0.15) is 6.04 Å². The third-order valence-corrected chi connectivity index (χ3v) is 7.13. The molecule has 0 saturated carbocycles. The van der Waals surface area contributed by atoms with E-state index in [-0.39, 0.29) is 17.0 Å². The van der Waals surface area contributed by atoms with Crippen LogP contribution < -0.4 is 10.0 Å². The van der Waals surface area contributed by atoms with Gasteiger partial charge < -0.3 is 5.32 Å². The van der Waals surface area contributed by atoms with Crippen LogP contribution in [0, 0.1) is 0 Å². The van der Waals surface area contributed by atoms with Crippen molar-refractivity contribution in [1.82, 2.24) is 10.0 Å². The molecule has 2 rings (SSSR count). The summed E-state index contributed by atoms with van der Waals surface area (Å²) in [5.74, 6) is -2.25. The number of likely N-dealkylation sites (N-methyl/N-ethyl adjacent to an activating group) is 1. The lowest BCUT2D eigenvalue weighted by Gasteiger charge is -2.14. The van der Waals surface area contributed by atoms with Crippen LogP contribution in [0.5, 0.6) is 0 Å². The van der Waals surface area contributed by atoms with Crippen LogP contribution in [0.1, 0.15) is 24.5 Å². The van der Waals surface area contributed by atoms with Gasteiger partial charge in [-0.25, -0.2) is 25.6 Å². The zero-order chi connectivity index (χ0) is 23.8. The number of sulfonamides is 1. The highest BCUT2D eigenvalue weighted by molar-refractivity contribution is 7.90. The molecule has 0 aromatic heterocycles. The number of amides is 1. The van der Waals surface area contributed by atoms with E-state index in [1.54, 1.807) is 13.0 Å². The van der Waals surface area contributed by atoms with E-state index >= 15 is 0 Å². The summed E-state index contributed by atoms with van der Waals surface area (Å²) in [6.07, 6.45) is -2.11. The first-order valence-corrected chi connectivity index (χ1v) is 12.8. The van der Waals surface area contributed by atoms with Crippen molar-refractivity contribution in [1.29, 1.82) is 0 Å². The molecule has 32 heavy (non-hydrogen) atoms. The quantitative estimate of drug-likeness (QED) is 0.371. The topological polar surface area (TPSA) is 122 Å². The fraction of sp³-hybridized carbons (Fsp3) is 0.300. The number of nitrogens with zero attached hydrogens (tertiary/aromatic N) is 1. The first-order chi connectivity index (χ1) is 15.1. The van der Waals surface area contributed by atoms with Crippen LogP contribution in [0.2, 0.25) is 0 Å². The van der Waals surface area contributed by atoms with E-state index in [4.69, 9.17) is 0 Å². The molecule has 8 nitrogen and oxygen atoms in total. The zero-order valence-electron chi connectivity index (χ0n) is 17.1. The lowest BCUT2D eigenvalue weighted by molar-refractivity contribution is -0.121. The van der Waals surface area contributed by atoms with Crippen molar-refractivity contribution in [3.8, 4) is 0 Å².